The summed E-state index contributed by atoms with van der Waals surface area (Å²) in [6, 6.07) is 26.4. The maximum Gasteiger partial charge on any atom is 0.264 e. The van der Waals surface area contributed by atoms with Crippen molar-refractivity contribution in [3.8, 4) is 5.75 Å². The van der Waals surface area contributed by atoms with Gasteiger partial charge in [0.25, 0.3) is 10.0 Å². The van der Waals surface area contributed by atoms with Gasteiger partial charge in [-0.1, -0.05) is 103 Å². The van der Waals surface area contributed by atoms with E-state index in [0.717, 1.165) is 47.5 Å². The van der Waals surface area contributed by atoms with Crippen LogP contribution < -0.4 is 14.4 Å². The highest BCUT2D eigenvalue weighted by atomic mass is 35.5. The second-order valence-electron chi connectivity index (χ2n) is 12.3. The minimum atomic E-state index is -4.25. The van der Waals surface area contributed by atoms with Gasteiger partial charge in [0.1, 0.15) is 18.3 Å². The van der Waals surface area contributed by atoms with Crippen LogP contribution in [-0.2, 0) is 32.6 Å². The summed E-state index contributed by atoms with van der Waals surface area (Å²) in [5.41, 5.74) is 2.55. The molecule has 0 heterocycles. The van der Waals surface area contributed by atoms with Crippen molar-refractivity contribution in [2.75, 3.05) is 18.0 Å². The summed E-state index contributed by atoms with van der Waals surface area (Å²) in [7, 11) is -2.77. The van der Waals surface area contributed by atoms with E-state index in [1.807, 2.05) is 37.3 Å². The lowest BCUT2D eigenvalue weighted by atomic mass is 9.94. The number of anilines is 1. The van der Waals surface area contributed by atoms with Crippen LogP contribution in [-0.4, -0.2) is 50.9 Å². The van der Waals surface area contributed by atoms with Crippen LogP contribution in [0.4, 0.5) is 5.69 Å². The van der Waals surface area contributed by atoms with E-state index in [9.17, 15) is 18.0 Å². The van der Waals surface area contributed by atoms with Crippen molar-refractivity contribution in [2.24, 2.45) is 0 Å². The molecule has 4 aromatic rings. The zero-order valence-corrected chi connectivity index (χ0v) is 30.0. The van der Waals surface area contributed by atoms with Crippen LogP contribution in [0.25, 0.3) is 0 Å². The number of benzene rings is 4. The second kappa shape index (κ2) is 16.6. The molecule has 1 N–H and O–H groups in total. The van der Waals surface area contributed by atoms with Crippen LogP contribution in [0.5, 0.6) is 5.75 Å². The molecule has 5 rings (SSSR count). The molecule has 1 atom stereocenters. The number of ether oxygens (including phenoxy) is 1. The highest BCUT2D eigenvalue weighted by Crippen LogP contribution is 2.29. The number of methoxy groups -OCH3 is 1. The Morgan fingerprint density at radius 2 is 1.61 bits per heavy atom. The Labute approximate surface area is 299 Å². The van der Waals surface area contributed by atoms with E-state index in [0.29, 0.717) is 21.4 Å². The predicted octanol–water partition coefficient (Wildman–Crippen LogP) is 7.59. The lowest BCUT2D eigenvalue weighted by Gasteiger charge is -2.35. The number of hydrogen-bond donors (Lipinski definition) is 1. The lowest BCUT2D eigenvalue weighted by Crippen LogP contribution is -2.55. The van der Waals surface area contributed by atoms with Gasteiger partial charge in [-0.25, -0.2) is 8.42 Å². The van der Waals surface area contributed by atoms with Gasteiger partial charge in [-0.15, -0.1) is 0 Å². The molecule has 1 aliphatic rings. The monoisotopic (exact) mass is 721 g/mol. The van der Waals surface area contributed by atoms with Crippen LogP contribution in [0.2, 0.25) is 10.0 Å². The largest absolute Gasteiger partial charge is 0.497 e. The molecule has 0 aliphatic heterocycles. The Bertz CT molecular complexity index is 1850. The van der Waals surface area contributed by atoms with E-state index in [1.165, 1.54) is 24.1 Å². The van der Waals surface area contributed by atoms with Crippen molar-refractivity contribution in [2.45, 2.75) is 69.0 Å². The molecule has 0 radical (unpaired) electrons. The predicted molar refractivity (Wildman–Crippen MR) is 195 cm³/mol. The molecule has 0 bridgehead atoms. The number of carbonyl (C=O) groups excluding carboxylic acids is 2. The highest BCUT2D eigenvalue weighted by molar-refractivity contribution is 7.92. The van der Waals surface area contributed by atoms with E-state index in [2.05, 4.69) is 5.32 Å². The Hall–Kier alpha value is -4.05. The maximum atomic E-state index is 14.8. The number of sulfonamides is 1. The molecule has 1 aliphatic carbocycles. The summed E-state index contributed by atoms with van der Waals surface area (Å²) in [5.74, 6) is -0.458. The van der Waals surface area contributed by atoms with Gasteiger partial charge in [-0.05, 0) is 67.3 Å². The van der Waals surface area contributed by atoms with Crippen molar-refractivity contribution in [3.05, 3.63) is 124 Å². The summed E-state index contributed by atoms with van der Waals surface area (Å²) in [4.78, 5) is 30.5. The zero-order chi connectivity index (χ0) is 35.0. The quantitative estimate of drug-likeness (QED) is 0.154. The fraction of sp³-hybridized carbons (Fsp3) is 0.316. The minimum absolute atomic E-state index is 0.00853. The van der Waals surface area contributed by atoms with Crippen molar-refractivity contribution in [3.63, 3.8) is 0 Å². The second-order valence-corrected chi connectivity index (χ2v) is 15.0. The van der Waals surface area contributed by atoms with Gasteiger partial charge >= 0.3 is 0 Å². The van der Waals surface area contributed by atoms with Crippen LogP contribution >= 0.6 is 23.2 Å². The first kappa shape index (κ1) is 36.2. The molecule has 0 unspecified atom stereocenters. The smallest absolute Gasteiger partial charge is 0.264 e. The van der Waals surface area contributed by atoms with Crippen molar-refractivity contribution in [1.82, 2.24) is 10.2 Å². The summed E-state index contributed by atoms with van der Waals surface area (Å²) in [6.07, 6.45) is 5.08. The van der Waals surface area contributed by atoms with Crippen molar-refractivity contribution in [1.29, 1.82) is 0 Å². The Morgan fingerprint density at radius 1 is 0.898 bits per heavy atom. The third-order valence-electron chi connectivity index (χ3n) is 8.81. The first-order chi connectivity index (χ1) is 23.5. The normalized spacial score (nSPS) is 14.1. The van der Waals surface area contributed by atoms with Crippen LogP contribution in [0.3, 0.4) is 0 Å². The van der Waals surface area contributed by atoms with E-state index in [1.54, 1.807) is 54.6 Å². The summed E-state index contributed by atoms with van der Waals surface area (Å²) in [6.45, 7) is 1.22. The first-order valence-corrected chi connectivity index (χ1v) is 18.6. The van der Waals surface area contributed by atoms with Crippen molar-refractivity contribution < 1.29 is 22.7 Å². The molecule has 0 aromatic heterocycles. The number of rotatable bonds is 13. The van der Waals surface area contributed by atoms with Gasteiger partial charge in [0, 0.05) is 35.1 Å². The van der Waals surface area contributed by atoms with Crippen LogP contribution in [0, 0.1) is 6.92 Å². The van der Waals surface area contributed by atoms with E-state index < -0.39 is 28.5 Å². The van der Waals surface area contributed by atoms with Crippen molar-refractivity contribution >= 4 is 50.7 Å². The van der Waals surface area contributed by atoms with Gasteiger partial charge in [-0.2, -0.15) is 0 Å². The standard InChI is InChI=1S/C38H41Cl2N3O5S/c1-27-16-20-34(21-17-27)49(46,47)43(32-14-9-15-33(24-32)48-2)26-37(44)42(25-29-18-19-30(39)23-35(29)40)36(22-28-10-5-3-6-11-28)38(45)41-31-12-7-4-8-13-31/h3,5-6,9-11,14-21,23-24,31,36H,4,7-8,12-13,22,25-26H2,1-2H3,(H,41,45)/t36-/m0/s1. The van der Waals surface area contributed by atoms with Crippen LogP contribution in [0.1, 0.15) is 48.8 Å². The molecule has 0 saturated heterocycles. The van der Waals surface area contributed by atoms with E-state index in [4.69, 9.17) is 27.9 Å². The molecule has 11 heteroatoms. The summed E-state index contributed by atoms with van der Waals surface area (Å²) >= 11 is 12.8. The molecule has 258 valence electrons. The van der Waals surface area contributed by atoms with Gasteiger partial charge < -0.3 is 15.0 Å². The molecule has 4 aromatic carbocycles. The third-order valence-corrected chi connectivity index (χ3v) is 11.2. The van der Waals surface area contributed by atoms with E-state index >= 15 is 0 Å². The average Bonchev–Trinajstić information content (AvgIpc) is 3.10. The number of nitrogens with zero attached hydrogens (tertiary/aromatic N) is 2. The average molecular weight is 723 g/mol. The molecule has 2 amide bonds. The molecular formula is C38H41Cl2N3O5S. The van der Waals surface area contributed by atoms with E-state index in [-0.39, 0.29) is 35.5 Å². The van der Waals surface area contributed by atoms with Gasteiger partial charge in [0.2, 0.25) is 11.8 Å². The molecule has 0 spiro atoms. The SMILES string of the molecule is COc1cccc(N(CC(=O)N(Cc2ccc(Cl)cc2Cl)[C@@H](Cc2ccccc2)C(=O)NC2CCCCC2)S(=O)(=O)c2ccc(C)cc2)c1. The molecule has 1 fully saturated rings. The zero-order valence-electron chi connectivity index (χ0n) is 27.6. The summed E-state index contributed by atoms with van der Waals surface area (Å²) < 4.78 is 35.1. The number of nitrogens with one attached hydrogen (secondary N) is 1. The number of carbonyl (C=O) groups is 2. The molecule has 49 heavy (non-hydrogen) atoms. The lowest BCUT2D eigenvalue weighted by molar-refractivity contribution is -0.140. The van der Waals surface area contributed by atoms with Gasteiger partial charge in [0.05, 0.1) is 17.7 Å². The number of hydrogen-bond acceptors (Lipinski definition) is 5. The fourth-order valence-electron chi connectivity index (χ4n) is 6.06. The fourth-order valence-corrected chi connectivity index (χ4v) is 7.94. The number of halogens is 2. The van der Waals surface area contributed by atoms with Gasteiger partial charge in [-0.3, -0.25) is 13.9 Å². The Morgan fingerprint density at radius 3 is 2.29 bits per heavy atom. The first-order valence-electron chi connectivity index (χ1n) is 16.4. The van der Waals surface area contributed by atoms with Crippen LogP contribution in [0.15, 0.2) is 102 Å². The molecular weight excluding hydrogens is 681 g/mol. The minimum Gasteiger partial charge on any atom is -0.497 e. The molecule has 1 saturated carbocycles. The summed E-state index contributed by atoms with van der Waals surface area (Å²) in [5, 5.41) is 3.96. The highest BCUT2D eigenvalue weighted by Gasteiger charge is 2.36. The third kappa shape index (κ3) is 9.35. The number of amides is 2. The number of aryl methyl sites for hydroxylation is 1. The Balaban J connectivity index is 1.59. The van der Waals surface area contributed by atoms with Gasteiger partial charge in [0.15, 0.2) is 0 Å². The topological polar surface area (TPSA) is 96.0 Å². The Kier molecular flexibility index (Phi) is 12.3. The maximum absolute atomic E-state index is 14.8. The molecule has 8 nitrogen and oxygen atoms in total.